The molecule has 3 aromatic rings. The van der Waals surface area contributed by atoms with Gasteiger partial charge in [0.05, 0.1) is 24.5 Å². The van der Waals surface area contributed by atoms with Gasteiger partial charge in [-0.3, -0.25) is 4.79 Å². The van der Waals surface area contributed by atoms with Gasteiger partial charge in [-0.25, -0.2) is 4.79 Å². The molecule has 1 saturated heterocycles. The van der Waals surface area contributed by atoms with Gasteiger partial charge >= 0.3 is 6.09 Å². The minimum absolute atomic E-state index is 0.179. The van der Waals surface area contributed by atoms with Crippen molar-refractivity contribution in [3.63, 3.8) is 0 Å². The molecule has 30 heavy (non-hydrogen) atoms. The van der Waals surface area contributed by atoms with E-state index in [1.54, 1.807) is 24.3 Å². The number of ether oxygens (including phenoxy) is 2. The molecule has 2 aromatic heterocycles. The van der Waals surface area contributed by atoms with Crippen LogP contribution in [0.3, 0.4) is 0 Å². The fourth-order valence-electron chi connectivity index (χ4n) is 3.24. The maximum absolute atomic E-state index is 12.7. The van der Waals surface area contributed by atoms with Gasteiger partial charge in [-0.15, -0.1) is 16.4 Å². The molecule has 0 aliphatic carbocycles. The van der Waals surface area contributed by atoms with Gasteiger partial charge in [0, 0.05) is 18.5 Å². The molecule has 1 aromatic carbocycles. The van der Waals surface area contributed by atoms with Crippen LogP contribution in [0.2, 0.25) is 0 Å². The smallest absolute Gasteiger partial charge is 0.415 e. The molecular formula is C20H21N5O4S. The van der Waals surface area contributed by atoms with Gasteiger partial charge in [0.15, 0.2) is 11.5 Å². The Balaban J connectivity index is 1.38. The summed E-state index contributed by atoms with van der Waals surface area (Å²) < 4.78 is 10.6. The van der Waals surface area contributed by atoms with Crippen molar-refractivity contribution in [1.29, 1.82) is 0 Å². The van der Waals surface area contributed by atoms with Crippen LogP contribution >= 0.6 is 11.3 Å². The Morgan fingerprint density at radius 1 is 1.20 bits per heavy atom. The highest BCUT2D eigenvalue weighted by molar-refractivity contribution is 7.21. The standard InChI is InChI=1S/C20H21N5O4S/c1-10-11(2)23-24-19-15(10)16(21)17(30-19)18(26)22-12-8-25(9-12)20(27)29-14-7-5-4-6-13(14)28-3/h4-7,12H,8-9,21H2,1-3H3,(H,22,26). The molecule has 1 aliphatic rings. The number of rotatable bonds is 4. The van der Waals surface area contributed by atoms with Crippen molar-refractivity contribution in [2.45, 2.75) is 19.9 Å². The molecule has 156 valence electrons. The lowest BCUT2D eigenvalue weighted by molar-refractivity contribution is 0.0790. The number of carbonyl (C=O) groups excluding carboxylic acids is 2. The molecule has 10 heteroatoms. The number of nitrogens with zero attached hydrogens (tertiary/aromatic N) is 3. The molecule has 0 spiro atoms. The number of carbonyl (C=O) groups is 2. The summed E-state index contributed by atoms with van der Waals surface area (Å²) >= 11 is 1.21. The van der Waals surface area contributed by atoms with Crippen LogP contribution in [0.4, 0.5) is 10.5 Å². The molecule has 0 radical (unpaired) electrons. The highest BCUT2D eigenvalue weighted by Crippen LogP contribution is 2.35. The number of thiophene rings is 1. The van der Waals surface area contributed by atoms with Crippen LogP contribution in [0.1, 0.15) is 20.9 Å². The summed E-state index contributed by atoms with van der Waals surface area (Å²) in [7, 11) is 1.51. The summed E-state index contributed by atoms with van der Waals surface area (Å²) in [5, 5.41) is 11.9. The summed E-state index contributed by atoms with van der Waals surface area (Å²) in [6.07, 6.45) is -0.493. The first kappa shape index (κ1) is 19.9. The van der Waals surface area contributed by atoms with Crippen molar-refractivity contribution >= 4 is 39.2 Å². The quantitative estimate of drug-likeness (QED) is 0.656. The maximum Gasteiger partial charge on any atom is 0.415 e. The molecule has 0 bridgehead atoms. The summed E-state index contributed by atoms with van der Waals surface area (Å²) in [4.78, 5) is 27.6. The molecule has 1 aliphatic heterocycles. The third kappa shape index (κ3) is 3.50. The molecule has 1 fully saturated rings. The lowest BCUT2D eigenvalue weighted by atomic mass is 10.1. The zero-order valence-corrected chi connectivity index (χ0v) is 17.6. The van der Waals surface area contributed by atoms with Crippen LogP contribution in [0.5, 0.6) is 11.5 Å². The number of hydrogen-bond donors (Lipinski definition) is 2. The third-order valence-corrected chi connectivity index (χ3v) is 6.17. The molecule has 2 amide bonds. The van der Waals surface area contributed by atoms with E-state index >= 15 is 0 Å². The van der Waals surface area contributed by atoms with E-state index in [0.29, 0.717) is 40.0 Å². The number of likely N-dealkylation sites (tertiary alicyclic amines) is 1. The first-order valence-corrected chi connectivity index (χ1v) is 10.1. The van der Waals surface area contributed by atoms with Crippen molar-refractivity contribution in [2.24, 2.45) is 0 Å². The Bertz CT molecular complexity index is 1140. The van der Waals surface area contributed by atoms with Crippen LogP contribution in [-0.4, -0.2) is 53.3 Å². The summed E-state index contributed by atoms with van der Waals surface area (Å²) in [6, 6.07) is 6.74. The average molecular weight is 427 g/mol. The number of para-hydroxylation sites is 2. The maximum atomic E-state index is 12.7. The second-order valence-electron chi connectivity index (χ2n) is 7.03. The Morgan fingerprint density at radius 3 is 2.60 bits per heavy atom. The average Bonchev–Trinajstić information content (AvgIpc) is 3.04. The molecule has 0 saturated carbocycles. The van der Waals surface area contributed by atoms with Gasteiger partial charge in [0.1, 0.15) is 9.71 Å². The number of fused-ring (bicyclic) bond motifs is 1. The minimum Gasteiger partial charge on any atom is -0.493 e. The summed E-state index contributed by atoms with van der Waals surface area (Å²) in [5.41, 5.74) is 8.33. The second-order valence-corrected chi connectivity index (χ2v) is 8.03. The van der Waals surface area contributed by atoms with E-state index in [4.69, 9.17) is 15.2 Å². The van der Waals surface area contributed by atoms with E-state index in [2.05, 4.69) is 15.5 Å². The summed E-state index contributed by atoms with van der Waals surface area (Å²) in [5.74, 6) is 0.544. The first-order chi connectivity index (χ1) is 14.4. The molecule has 0 unspecified atom stereocenters. The summed E-state index contributed by atoms with van der Waals surface area (Å²) in [6.45, 7) is 4.46. The Kier molecular flexibility index (Phi) is 5.17. The number of amides is 2. The van der Waals surface area contributed by atoms with Crippen LogP contribution < -0.4 is 20.5 Å². The monoisotopic (exact) mass is 427 g/mol. The second kappa shape index (κ2) is 7.79. The normalized spacial score (nSPS) is 13.8. The molecule has 4 rings (SSSR count). The fourth-order valence-corrected chi connectivity index (χ4v) is 4.24. The predicted molar refractivity (Wildman–Crippen MR) is 113 cm³/mol. The van der Waals surface area contributed by atoms with Crippen LogP contribution in [0.25, 0.3) is 10.2 Å². The first-order valence-electron chi connectivity index (χ1n) is 9.31. The highest BCUT2D eigenvalue weighted by atomic mass is 32.1. The topological polar surface area (TPSA) is 120 Å². The molecule has 3 heterocycles. The number of aryl methyl sites for hydroxylation is 2. The van der Waals surface area contributed by atoms with E-state index in [9.17, 15) is 9.59 Å². The number of benzene rings is 1. The van der Waals surface area contributed by atoms with Gasteiger partial charge in [0.2, 0.25) is 0 Å². The van der Waals surface area contributed by atoms with Gasteiger partial charge in [-0.2, -0.15) is 5.10 Å². The zero-order chi connectivity index (χ0) is 21.4. The Hall–Kier alpha value is -3.40. The lowest BCUT2D eigenvalue weighted by Gasteiger charge is -2.38. The Morgan fingerprint density at radius 2 is 1.90 bits per heavy atom. The van der Waals surface area contributed by atoms with Gasteiger partial charge < -0.3 is 25.4 Å². The van der Waals surface area contributed by atoms with Crippen molar-refractivity contribution < 1.29 is 19.1 Å². The molecule has 3 N–H and O–H groups in total. The number of anilines is 1. The number of nitrogens with one attached hydrogen (secondary N) is 1. The van der Waals surface area contributed by atoms with Gasteiger partial charge in [0.25, 0.3) is 5.91 Å². The number of hydrogen-bond acceptors (Lipinski definition) is 8. The van der Waals surface area contributed by atoms with Crippen LogP contribution in [0, 0.1) is 13.8 Å². The number of aromatic nitrogens is 2. The van der Waals surface area contributed by atoms with E-state index in [-0.39, 0.29) is 11.9 Å². The van der Waals surface area contributed by atoms with E-state index < -0.39 is 6.09 Å². The lowest BCUT2D eigenvalue weighted by Crippen LogP contribution is -2.61. The van der Waals surface area contributed by atoms with E-state index in [1.807, 2.05) is 13.8 Å². The SMILES string of the molecule is COc1ccccc1OC(=O)N1CC(NC(=O)c2sc3nnc(C)c(C)c3c2N)C1. The van der Waals surface area contributed by atoms with Gasteiger partial charge in [-0.1, -0.05) is 12.1 Å². The van der Waals surface area contributed by atoms with Gasteiger partial charge in [-0.05, 0) is 31.5 Å². The molecular weight excluding hydrogens is 406 g/mol. The minimum atomic E-state index is -0.493. The fraction of sp³-hybridized carbons (Fsp3) is 0.300. The van der Waals surface area contributed by atoms with E-state index in [0.717, 1.165) is 16.6 Å². The number of nitrogens with two attached hydrogens (primary N) is 1. The van der Waals surface area contributed by atoms with Crippen molar-refractivity contribution in [3.8, 4) is 11.5 Å². The number of methoxy groups -OCH3 is 1. The zero-order valence-electron chi connectivity index (χ0n) is 16.8. The largest absolute Gasteiger partial charge is 0.493 e. The Labute approximate surface area is 176 Å². The van der Waals surface area contributed by atoms with Crippen LogP contribution in [-0.2, 0) is 0 Å². The third-order valence-electron chi connectivity index (χ3n) is 5.08. The van der Waals surface area contributed by atoms with Crippen LogP contribution in [0.15, 0.2) is 24.3 Å². The van der Waals surface area contributed by atoms with Crippen molar-refractivity contribution in [3.05, 3.63) is 40.4 Å². The predicted octanol–water partition coefficient (Wildman–Crippen LogP) is 2.51. The highest BCUT2D eigenvalue weighted by Gasteiger charge is 2.34. The van der Waals surface area contributed by atoms with Crippen molar-refractivity contribution in [1.82, 2.24) is 20.4 Å². The van der Waals surface area contributed by atoms with E-state index in [1.165, 1.54) is 23.3 Å². The molecule has 0 atom stereocenters. The molecule has 9 nitrogen and oxygen atoms in total. The van der Waals surface area contributed by atoms with Crippen molar-refractivity contribution in [2.75, 3.05) is 25.9 Å². The number of nitrogen functional groups attached to an aromatic ring is 1.